The molecule has 4 heterocycles. The summed E-state index contributed by atoms with van der Waals surface area (Å²) in [6, 6.07) is 15.6. The van der Waals surface area contributed by atoms with Gasteiger partial charge in [0.15, 0.2) is 0 Å². The number of benzene rings is 1. The number of carbonyl (C=O) groups is 1. The first kappa shape index (κ1) is 23.0. The molecule has 0 unspecified atom stereocenters. The van der Waals surface area contributed by atoms with Crippen molar-refractivity contribution in [3.63, 3.8) is 0 Å². The minimum atomic E-state index is -0.210. The van der Waals surface area contributed by atoms with E-state index in [0.717, 1.165) is 56.0 Å². The van der Waals surface area contributed by atoms with Gasteiger partial charge in [-0.05, 0) is 62.5 Å². The Bertz CT molecular complexity index is 1050. The third-order valence-electron chi connectivity index (χ3n) is 9.47. The molecule has 4 aliphatic rings. The highest BCUT2D eigenvalue weighted by atomic mass is 16.5. The lowest BCUT2D eigenvalue weighted by Gasteiger charge is -2.47. The van der Waals surface area contributed by atoms with Gasteiger partial charge in [-0.1, -0.05) is 55.7 Å². The van der Waals surface area contributed by atoms with Gasteiger partial charge < -0.3 is 15.0 Å². The van der Waals surface area contributed by atoms with Crippen LogP contribution in [0.3, 0.4) is 0 Å². The molecule has 2 saturated heterocycles. The first-order valence-corrected chi connectivity index (χ1v) is 13.8. The standard InChI is InChI=1S/C30H39N3O2/c1-21-12-13-25-28(32-21)35-17-15-30(25)20-31-19-26(30)29(34)33-16-14-24(22-8-4-2-5-9-22)18-27(33)23-10-6-3-7-11-23/h2,4-5,8-9,12-13,23-24,26-27,31H,3,6-7,10-11,14-20H2,1H3/t24-,26+,27+,30+/m1/s1. The summed E-state index contributed by atoms with van der Waals surface area (Å²) in [4.78, 5) is 21.5. The zero-order valence-electron chi connectivity index (χ0n) is 21.0. The Morgan fingerprint density at radius 3 is 2.74 bits per heavy atom. The minimum absolute atomic E-state index is 0.0472. The molecule has 1 saturated carbocycles. The van der Waals surface area contributed by atoms with Gasteiger partial charge in [0.25, 0.3) is 0 Å². The Balaban J connectivity index is 1.30. The molecule has 0 bridgehead atoms. The first-order chi connectivity index (χ1) is 17.2. The van der Waals surface area contributed by atoms with Gasteiger partial charge in [-0.2, -0.15) is 0 Å². The zero-order chi connectivity index (χ0) is 23.8. The van der Waals surface area contributed by atoms with E-state index in [-0.39, 0.29) is 11.3 Å². The van der Waals surface area contributed by atoms with Gasteiger partial charge >= 0.3 is 0 Å². The summed E-state index contributed by atoms with van der Waals surface area (Å²) in [6.07, 6.45) is 9.54. The number of likely N-dealkylation sites (tertiary alicyclic amines) is 1. The molecule has 1 aliphatic carbocycles. The van der Waals surface area contributed by atoms with Crippen LogP contribution in [-0.4, -0.2) is 48.1 Å². The van der Waals surface area contributed by atoms with Gasteiger partial charge in [0.2, 0.25) is 11.8 Å². The largest absolute Gasteiger partial charge is 0.477 e. The number of pyridine rings is 1. The van der Waals surface area contributed by atoms with Crippen LogP contribution in [0.25, 0.3) is 0 Å². The van der Waals surface area contributed by atoms with Crippen LogP contribution < -0.4 is 10.1 Å². The summed E-state index contributed by atoms with van der Waals surface area (Å²) >= 11 is 0. The lowest BCUT2D eigenvalue weighted by atomic mass is 9.68. The summed E-state index contributed by atoms with van der Waals surface area (Å²) < 4.78 is 5.98. The van der Waals surface area contributed by atoms with Crippen molar-refractivity contribution in [2.75, 3.05) is 26.2 Å². The first-order valence-electron chi connectivity index (χ1n) is 13.8. The maximum Gasteiger partial charge on any atom is 0.228 e. The van der Waals surface area contributed by atoms with Gasteiger partial charge in [-0.15, -0.1) is 0 Å². The SMILES string of the molecule is Cc1ccc2c(n1)OCC[C@]21CNC[C@H]1C(=O)N1CC[C@@H](c2ccccc2)C[C@H]1C1CCCCC1. The average molecular weight is 474 g/mol. The molecule has 3 fully saturated rings. The molecule has 1 aromatic carbocycles. The second-order valence-electron chi connectivity index (χ2n) is 11.4. The maximum absolute atomic E-state index is 14.5. The van der Waals surface area contributed by atoms with Crippen molar-refractivity contribution in [2.45, 2.75) is 75.7 Å². The maximum atomic E-state index is 14.5. The molecule has 186 valence electrons. The van der Waals surface area contributed by atoms with Crippen molar-refractivity contribution in [2.24, 2.45) is 11.8 Å². The monoisotopic (exact) mass is 473 g/mol. The summed E-state index contributed by atoms with van der Waals surface area (Å²) in [6.45, 7) is 5.10. The van der Waals surface area contributed by atoms with Crippen LogP contribution in [0.5, 0.6) is 5.88 Å². The number of rotatable bonds is 3. The lowest BCUT2D eigenvalue weighted by molar-refractivity contribution is -0.143. The van der Waals surface area contributed by atoms with Crippen molar-refractivity contribution in [1.29, 1.82) is 0 Å². The Morgan fingerprint density at radius 1 is 1.09 bits per heavy atom. The third kappa shape index (κ3) is 4.16. The van der Waals surface area contributed by atoms with E-state index in [9.17, 15) is 4.79 Å². The second kappa shape index (κ2) is 9.57. The van der Waals surface area contributed by atoms with E-state index in [2.05, 4.69) is 52.7 Å². The fourth-order valence-electron chi connectivity index (χ4n) is 7.58. The number of hydrogen-bond acceptors (Lipinski definition) is 4. The van der Waals surface area contributed by atoms with Crippen LogP contribution in [-0.2, 0) is 10.2 Å². The van der Waals surface area contributed by atoms with E-state index >= 15 is 0 Å². The molecular formula is C30H39N3O2. The normalized spacial score (nSPS) is 31.2. The number of carbonyl (C=O) groups excluding carboxylic acids is 1. The molecule has 1 aromatic heterocycles. The molecule has 2 aromatic rings. The molecule has 1 amide bonds. The highest BCUT2D eigenvalue weighted by molar-refractivity contribution is 5.82. The Labute approximate surface area is 209 Å². The summed E-state index contributed by atoms with van der Waals surface area (Å²) in [5.74, 6) is 2.25. The molecule has 1 N–H and O–H groups in total. The fraction of sp³-hybridized carbons (Fsp3) is 0.600. The number of fused-ring (bicyclic) bond motifs is 2. The molecule has 5 heteroatoms. The van der Waals surface area contributed by atoms with Crippen molar-refractivity contribution in [3.05, 3.63) is 59.3 Å². The quantitative estimate of drug-likeness (QED) is 0.683. The molecule has 35 heavy (non-hydrogen) atoms. The van der Waals surface area contributed by atoms with E-state index in [1.54, 1.807) is 0 Å². The number of aromatic nitrogens is 1. The van der Waals surface area contributed by atoms with Gasteiger partial charge in [-0.25, -0.2) is 4.98 Å². The summed E-state index contributed by atoms with van der Waals surface area (Å²) in [7, 11) is 0. The van der Waals surface area contributed by atoms with Crippen LogP contribution in [0.4, 0.5) is 0 Å². The fourth-order valence-corrected chi connectivity index (χ4v) is 7.58. The number of aryl methyl sites for hydroxylation is 1. The highest BCUT2D eigenvalue weighted by Gasteiger charge is 2.53. The van der Waals surface area contributed by atoms with E-state index in [1.807, 2.05) is 6.92 Å². The number of nitrogens with one attached hydrogen (secondary N) is 1. The van der Waals surface area contributed by atoms with Crippen LogP contribution in [0.2, 0.25) is 0 Å². The van der Waals surface area contributed by atoms with E-state index in [4.69, 9.17) is 9.72 Å². The van der Waals surface area contributed by atoms with Crippen LogP contribution >= 0.6 is 0 Å². The van der Waals surface area contributed by atoms with E-state index in [1.165, 1.54) is 37.7 Å². The minimum Gasteiger partial charge on any atom is -0.477 e. The topological polar surface area (TPSA) is 54.5 Å². The number of ether oxygens (including phenoxy) is 1. The third-order valence-corrected chi connectivity index (χ3v) is 9.47. The Kier molecular flexibility index (Phi) is 6.30. The lowest BCUT2D eigenvalue weighted by Crippen LogP contribution is -2.55. The van der Waals surface area contributed by atoms with Crippen LogP contribution in [0.15, 0.2) is 42.5 Å². The summed E-state index contributed by atoms with van der Waals surface area (Å²) in [5.41, 5.74) is 3.33. The molecule has 0 radical (unpaired) electrons. The zero-order valence-corrected chi connectivity index (χ0v) is 21.0. The van der Waals surface area contributed by atoms with Gasteiger partial charge in [0, 0.05) is 42.3 Å². The molecular weight excluding hydrogens is 434 g/mol. The second-order valence-corrected chi connectivity index (χ2v) is 11.4. The van der Waals surface area contributed by atoms with E-state index < -0.39 is 0 Å². The highest BCUT2D eigenvalue weighted by Crippen LogP contribution is 2.47. The number of nitrogens with zero attached hydrogens (tertiary/aromatic N) is 2. The number of hydrogen-bond donors (Lipinski definition) is 1. The van der Waals surface area contributed by atoms with Crippen LogP contribution in [0, 0.1) is 18.8 Å². The van der Waals surface area contributed by atoms with E-state index in [0.29, 0.717) is 30.4 Å². The average Bonchev–Trinajstić information content (AvgIpc) is 3.32. The van der Waals surface area contributed by atoms with Crippen molar-refractivity contribution in [1.82, 2.24) is 15.2 Å². The smallest absolute Gasteiger partial charge is 0.228 e. The van der Waals surface area contributed by atoms with Gasteiger partial charge in [0.1, 0.15) is 0 Å². The predicted octanol–water partition coefficient (Wildman–Crippen LogP) is 4.98. The van der Waals surface area contributed by atoms with Crippen molar-refractivity contribution in [3.8, 4) is 5.88 Å². The van der Waals surface area contributed by atoms with Gasteiger partial charge in [0.05, 0.1) is 12.5 Å². The Hall–Kier alpha value is -2.40. The molecule has 5 nitrogen and oxygen atoms in total. The number of amides is 1. The van der Waals surface area contributed by atoms with Crippen LogP contribution in [0.1, 0.15) is 74.1 Å². The van der Waals surface area contributed by atoms with Gasteiger partial charge in [-0.3, -0.25) is 4.79 Å². The molecule has 3 aliphatic heterocycles. The van der Waals surface area contributed by atoms with Crippen molar-refractivity contribution < 1.29 is 9.53 Å². The molecule has 4 atom stereocenters. The summed E-state index contributed by atoms with van der Waals surface area (Å²) in [5, 5.41) is 3.61. The Morgan fingerprint density at radius 2 is 1.91 bits per heavy atom. The number of piperidine rings is 1. The predicted molar refractivity (Wildman–Crippen MR) is 138 cm³/mol. The molecule has 1 spiro atoms. The van der Waals surface area contributed by atoms with Crippen molar-refractivity contribution >= 4 is 5.91 Å². The molecule has 6 rings (SSSR count).